The van der Waals surface area contributed by atoms with Crippen LogP contribution in [0.2, 0.25) is 0 Å². The number of hydrogen-bond acceptors (Lipinski definition) is 4. The SMILES string of the molecule is O=C(CN1CCOCC1)Nc1ccc(S)cc1. The van der Waals surface area contributed by atoms with Crippen LogP contribution in [0.1, 0.15) is 0 Å². The molecule has 1 aliphatic heterocycles. The smallest absolute Gasteiger partial charge is 0.238 e. The molecule has 1 heterocycles. The summed E-state index contributed by atoms with van der Waals surface area (Å²) in [7, 11) is 0. The number of rotatable bonds is 3. The molecule has 5 heteroatoms. The van der Waals surface area contributed by atoms with Crippen molar-refractivity contribution in [2.45, 2.75) is 4.90 Å². The van der Waals surface area contributed by atoms with Crippen LogP contribution in [-0.4, -0.2) is 43.7 Å². The summed E-state index contributed by atoms with van der Waals surface area (Å²) in [6.45, 7) is 3.49. The largest absolute Gasteiger partial charge is 0.379 e. The molecule has 1 amide bonds. The summed E-state index contributed by atoms with van der Waals surface area (Å²) in [6.07, 6.45) is 0. The van der Waals surface area contributed by atoms with E-state index in [1.165, 1.54) is 0 Å². The molecule has 1 aromatic rings. The number of carbonyl (C=O) groups is 1. The third kappa shape index (κ3) is 4.03. The molecule has 1 N–H and O–H groups in total. The van der Waals surface area contributed by atoms with E-state index in [0.717, 1.165) is 23.7 Å². The van der Waals surface area contributed by atoms with E-state index in [9.17, 15) is 4.79 Å². The quantitative estimate of drug-likeness (QED) is 0.796. The van der Waals surface area contributed by atoms with Gasteiger partial charge in [-0.05, 0) is 24.3 Å². The van der Waals surface area contributed by atoms with Gasteiger partial charge in [0, 0.05) is 23.7 Å². The van der Waals surface area contributed by atoms with E-state index in [-0.39, 0.29) is 5.91 Å². The van der Waals surface area contributed by atoms with Gasteiger partial charge in [0.1, 0.15) is 0 Å². The first-order valence-corrected chi connectivity index (χ1v) is 6.08. The highest BCUT2D eigenvalue weighted by Gasteiger charge is 2.13. The van der Waals surface area contributed by atoms with E-state index in [1.54, 1.807) is 0 Å². The second-order valence-corrected chi connectivity index (χ2v) is 4.50. The summed E-state index contributed by atoms with van der Waals surface area (Å²) in [5, 5.41) is 2.86. The summed E-state index contributed by atoms with van der Waals surface area (Å²) in [4.78, 5) is 14.7. The third-order valence-corrected chi connectivity index (χ3v) is 2.92. The van der Waals surface area contributed by atoms with Crippen LogP contribution >= 0.6 is 12.6 Å². The van der Waals surface area contributed by atoms with Crippen LogP contribution in [0, 0.1) is 0 Å². The van der Waals surface area contributed by atoms with Gasteiger partial charge < -0.3 is 10.1 Å². The van der Waals surface area contributed by atoms with Crippen molar-refractivity contribution in [3.8, 4) is 0 Å². The molecule has 0 spiro atoms. The van der Waals surface area contributed by atoms with Gasteiger partial charge in [-0.2, -0.15) is 0 Å². The second-order valence-electron chi connectivity index (χ2n) is 3.98. The predicted molar refractivity (Wildman–Crippen MR) is 69.6 cm³/mol. The molecule has 0 aliphatic carbocycles. The second kappa shape index (κ2) is 6.05. The number of hydrogen-bond donors (Lipinski definition) is 2. The molecule has 1 saturated heterocycles. The Bertz CT molecular complexity index is 375. The molecule has 0 saturated carbocycles. The first kappa shape index (κ1) is 12.4. The first-order chi connectivity index (χ1) is 8.24. The maximum Gasteiger partial charge on any atom is 0.238 e. The monoisotopic (exact) mass is 252 g/mol. The van der Waals surface area contributed by atoms with E-state index in [0.29, 0.717) is 19.8 Å². The molecule has 1 aromatic carbocycles. The van der Waals surface area contributed by atoms with Crippen LogP contribution in [0.4, 0.5) is 5.69 Å². The van der Waals surface area contributed by atoms with E-state index in [1.807, 2.05) is 24.3 Å². The van der Waals surface area contributed by atoms with E-state index < -0.39 is 0 Å². The number of ether oxygens (including phenoxy) is 1. The molecule has 0 bridgehead atoms. The van der Waals surface area contributed by atoms with Crippen molar-refractivity contribution in [3.63, 3.8) is 0 Å². The normalized spacial score (nSPS) is 16.8. The summed E-state index contributed by atoms with van der Waals surface area (Å²) in [5.74, 6) is 0.0128. The van der Waals surface area contributed by atoms with Gasteiger partial charge in [0.25, 0.3) is 0 Å². The summed E-state index contributed by atoms with van der Waals surface area (Å²) >= 11 is 4.19. The van der Waals surface area contributed by atoms with Gasteiger partial charge in [-0.1, -0.05) is 0 Å². The molecule has 92 valence electrons. The molecule has 17 heavy (non-hydrogen) atoms. The summed E-state index contributed by atoms with van der Waals surface area (Å²) in [6, 6.07) is 7.40. The fraction of sp³-hybridized carbons (Fsp3) is 0.417. The summed E-state index contributed by atoms with van der Waals surface area (Å²) < 4.78 is 5.23. The van der Waals surface area contributed by atoms with Crippen LogP contribution < -0.4 is 5.32 Å². The molecule has 1 fully saturated rings. The minimum atomic E-state index is 0.0128. The zero-order valence-corrected chi connectivity index (χ0v) is 10.5. The van der Waals surface area contributed by atoms with Gasteiger partial charge in [0.05, 0.1) is 19.8 Å². The average Bonchev–Trinajstić information content (AvgIpc) is 2.33. The topological polar surface area (TPSA) is 41.6 Å². The molecular formula is C12H16N2O2S. The number of morpholine rings is 1. The number of carbonyl (C=O) groups excluding carboxylic acids is 1. The Labute approximate surface area is 106 Å². The van der Waals surface area contributed by atoms with Crippen LogP contribution in [0.3, 0.4) is 0 Å². The van der Waals surface area contributed by atoms with Crippen molar-refractivity contribution in [3.05, 3.63) is 24.3 Å². The lowest BCUT2D eigenvalue weighted by atomic mass is 10.3. The fourth-order valence-corrected chi connectivity index (χ4v) is 1.86. The molecule has 4 nitrogen and oxygen atoms in total. The van der Waals surface area contributed by atoms with E-state index in [2.05, 4.69) is 22.8 Å². The molecule has 0 atom stereocenters. The predicted octanol–water partition coefficient (Wildman–Crippen LogP) is 1.25. The molecule has 0 radical (unpaired) electrons. The van der Waals surface area contributed by atoms with Gasteiger partial charge in [0.15, 0.2) is 0 Å². The van der Waals surface area contributed by atoms with Gasteiger partial charge in [-0.25, -0.2) is 0 Å². The Morgan fingerprint density at radius 3 is 2.59 bits per heavy atom. The van der Waals surface area contributed by atoms with Crippen LogP contribution in [0.15, 0.2) is 29.2 Å². The van der Waals surface area contributed by atoms with E-state index in [4.69, 9.17) is 4.74 Å². The number of anilines is 1. The zero-order chi connectivity index (χ0) is 12.1. The highest BCUT2D eigenvalue weighted by Crippen LogP contribution is 2.11. The number of benzene rings is 1. The molecule has 0 unspecified atom stereocenters. The lowest BCUT2D eigenvalue weighted by Gasteiger charge is -2.25. The lowest BCUT2D eigenvalue weighted by molar-refractivity contribution is -0.118. The number of thiol groups is 1. The fourth-order valence-electron chi connectivity index (χ4n) is 1.71. The van der Waals surface area contributed by atoms with Gasteiger partial charge in [-0.15, -0.1) is 12.6 Å². The van der Waals surface area contributed by atoms with Crippen LogP contribution in [0.25, 0.3) is 0 Å². The maximum atomic E-state index is 11.8. The molecular weight excluding hydrogens is 236 g/mol. The molecule has 1 aliphatic rings. The van der Waals surface area contributed by atoms with Crippen LogP contribution in [0.5, 0.6) is 0 Å². The van der Waals surface area contributed by atoms with E-state index >= 15 is 0 Å². The third-order valence-electron chi connectivity index (χ3n) is 2.62. The van der Waals surface area contributed by atoms with Crippen molar-refractivity contribution in [2.24, 2.45) is 0 Å². The van der Waals surface area contributed by atoms with Crippen molar-refractivity contribution in [1.82, 2.24) is 4.90 Å². The molecule has 2 rings (SSSR count). The standard InChI is InChI=1S/C12H16N2O2S/c15-12(9-14-5-7-16-8-6-14)13-10-1-3-11(17)4-2-10/h1-4,17H,5-9H2,(H,13,15). The van der Waals surface area contributed by atoms with Gasteiger partial charge in [0.2, 0.25) is 5.91 Å². The Hall–Kier alpha value is -1.04. The van der Waals surface area contributed by atoms with Crippen molar-refractivity contribution >= 4 is 24.2 Å². The van der Waals surface area contributed by atoms with Crippen molar-refractivity contribution < 1.29 is 9.53 Å². The van der Waals surface area contributed by atoms with Gasteiger partial charge >= 0.3 is 0 Å². The highest BCUT2D eigenvalue weighted by molar-refractivity contribution is 7.80. The number of nitrogens with one attached hydrogen (secondary N) is 1. The van der Waals surface area contributed by atoms with Gasteiger partial charge in [-0.3, -0.25) is 9.69 Å². The van der Waals surface area contributed by atoms with Crippen LogP contribution in [-0.2, 0) is 9.53 Å². The maximum absolute atomic E-state index is 11.8. The Balaban J connectivity index is 1.82. The Morgan fingerprint density at radius 1 is 1.29 bits per heavy atom. The zero-order valence-electron chi connectivity index (χ0n) is 9.56. The Kier molecular flexibility index (Phi) is 4.42. The Morgan fingerprint density at radius 2 is 1.94 bits per heavy atom. The van der Waals surface area contributed by atoms with Crippen molar-refractivity contribution in [2.75, 3.05) is 38.2 Å². The van der Waals surface area contributed by atoms with Crippen molar-refractivity contribution in [1.29, 1.82) is 0 Å². The number of amides is 1. The molecule has 0 aromatic heterocycles. The number of nitrogens with zero attached hydrogens (tertiary/aromatic N) is 1. The minimum absolute atomic E-state index is 0.0128. The lowest BCUT2D eigenvalue weighted by Crippen LogP contribution is -2.41. The average molecular weight is 252 g/mol. The highest BCUT2D eigenvalue weighted by atomic mass is 32.1. The minimum Gasteiger partial charge on any atom is -0.379 e. The first-order valence-electron chi connectivity index (χ1n) is 5.63. The summed E-state index contributed by atoms with van der Waals surface area (Å²) in [5.41, 5.74) is 0.807.